The normalized spacial score (nSPS) is 11.2. The Bertz CT molecular complexity index is 683. The van der Waals surface area contributed by atoms with Crippen molar-refractivity contribution in [3.63, 3.8) is 0 Å². The maximum absolute atomic E-state index is 2.60. The van der Waals surface area contributed by atoms with Crippen molar-refractivity contribution in [1.82, 2.24) is 0 Å². The fourth-order valence-corrected chi connectivity index (χ4v) is 12.4. The van der Waals surface area contributed by atoms with Crippen molar-refractivity contribution < 1.29 is 17.4 Å². The van der Waals surface area contributed by atoms with E-state index in [4.69, 9.17) is 0 Å². The average molecular weight is 695 g/mol. The molecule has 0 unspecified atom stereocenters. The molecule has 0 bridgehead atoms. The second kappa shape index (κ2) is 35.4. The minimum Gasteiger partial charge on any atom is -0.748 e. The fraction of sp³-hybridized carbons (Fsp3) is 0.762. The van der Waals surface area contributed by atoms with Crippen LogP contribution in [-0.4, -0.2) is 24.6 Å². The molecule has 0 radical (unpaired) electrons. The maximum Gasteiger partial charge on any atom is 0 e. The van der Waals surface area contributed by atoms with Crippen LogP contribution in [0.1, 0.15) is 182 Å². The molecular weight excluding hydrogens is 618 g/mol. The second-order valence-electron chi connectivity index (χ2n) is 13.3. The van der Waals surface area contributed by atoms with E-state index in [-0.39, 0.29) is 33.2 Å². The first-order valence-electron chi connectivity index (χ1n) is 19.7. The van der Waals surface area contributed by atoms with Gasteiger partial charge in [-0.15, -0.1) is 26.5 Å². The van der Waals surface area contributed by atoms with Crippen molar-refractivity contribution >= 4 is 26.5 Å². The Morgan fingerprint density at radius 2 is 0.756 bits per heavy atom. The van der Waals surface area contributed by atoms with Crippen LogP contribution in [0, 0.1) is 0 Å². The van der Waals surface area contributed by atoms with Gasteiger partial charge in [0.25, 0.3) is 0 Å². The number of rotatable bonds is 30. The molecule has 0 amide bonds. The SMILES string of the molecule is CCCCCCCCP(CCCCCCCC)c1ccc[c-]1P(CCCCCCCC)CCCCCCCC.[Cr].[cH-]1[cH-][cH-][cH-][cH-]1. The zero-order valence-corrected chi connectivity index (χ0v) is 33.8. The summed E-state index contributed by atoms with van der Waals surface area (Å²) in [6.45, 7) is 9.35. The van der Waals surface area contributed by atoms with Gasteiger partial charge in [-0.3, -0.25) is 0 Å². The zero-order chi connectivity index (χ0) is 31.8. The molecule has 0 N–H and O–H groups in total. The van der Waals surface area contributed by atoms with Crippen molar-refractivity contribution in [2.45, 2.75) is 182 Å². The van der Waals surface area contributed by atoms with Gasteiger partial charge in [-0.25, -0.2) is 12.1 Å². The minimum atomic E-state index is 0. The molecule has 45 heavy (non-hydrogen) atoms. The minimum absolute atomic E-state index is 0. The molecule has 2 aromatic rings. The van der Waals surface area contributed by atoms with Gasteiger partial charge in [-0.2, -0.15) is 6.07 Å². The molecule has 0 aliphatic heterocycles. The Morgan fingerprint density at radius 3 is 1.11 bits per heavy atom. The van der Waals surface area contributed by atoms with Gasteiger partial charge < -0.3 is 30.3 Å². The molecule has 266 valence electrons. The number of hydrogen-bond acceptors (Lipinski definition) is 0. The third-order valence-electron chi connectivity index (χ3n) is 9.13. The molecule has 0 heterocycles. The third kappa shape index (κ3) is 25.7. The van der Waals surface area contributed by atoms with Crippen molar-refractivity contribution in [2.75, 3.05) is 24.6 Å². The molecule has 0 nitrogen and oxygen atoms in total. The van der Waals surface area contributed by atoms with Crippen molar-refractivity contribution in [2.24, 2.45) is 0 Å². The molecule has 0 aliphatic rings. The first-order chi connectivity index (χ1) is 21.8. The van der Waals surface area contributed by atoms with E-state index in [0.717, 1.165) is 0 Å². The molecule has 0 fully saturated rings. The summed E-state index contributed by atoms with van der Waals surface area (Å²) < 4.78 is 0. The zero-order valence-electron chi connectivity index (χ0n) is 30.7. The molecule has 3 heteroatoms. The van der Waals surface area contributed by atoms with E-state index < -0.39 is 0 Å². The fourth-order valence-electron chi connectivity index (χ4n) is 6.29. The van der Waals surface area contributed by atoms with Crippen LogP contribution in [-0.2, 0) is 17.4 Å². The summed E-state index contributed by atoms with van der Waals surface area (Å²) >= 11 is 0. The Morgan fingerprint density at radius 1 is 0.444 bits per heavy atom. The van der Waals surface area contributed by atoms with Gasteiger partial charge in [-0.1, -0.05) is 156 Å². The van der Waals surface area contributed by atoms with E-state index in [2.05, 4.69) is 45.9 Å². The first-order valence-corrected chi connectivity index (χ1v) is 23.1. The molecule has 2 rings (SSSR count). The first kappa shape index (κ1) is 45.1. The number of hydrogen-bond donors (Lipinski definition) is 0. The molecular formula is C42H76CrP2-6. The van der Waals surface area contributed by atoms with Crippen LogP contribution < -0.4 is 10.6 Å². The molecule has 0 spiro atoms. The number of unbranched alkanes of at least 4 members (excludes halogenated alkanes) is 20. The molecule has 0 aliphatic carbocycles. The van der Waals surface area contributed by atoms with Gasteiger partial charge in [0, 0.05) is 17.4 Å². The quantitative estimate of drug-likeness (QED) is 0.0434. The summed E-state index contributed by atoms with van der Waals surface area (Å²) in [6.07, 6.45) is 40.6. The molecule has 2 aromatic carbocycles. The maximum atomic E-state index is 2.60. The van der Waals surface area contributed by atoms with Crippen molar-refractivity contribution in [1.29, 1.82) is 0 Å². The molecule has 0 saturated heterocycles. The van der Waals surface area contributed by atoms with E-state index in [1.165, 1.54) is 179 Å². The smallest absolute Gasteiger partial charge is 0 e. The Balaban J connectivity index is 0.00000291. The van der Waals surface area contributed by atoms with Crippen molar-refractivity contribution in [3.8, 4) is 0 Å². The van der Waals surface area contributed by atoms with Crippen LogP contribution in [0.15, 0.2) is 48.5 Å². The van der Waals surface area contributed by atoms with E-state index >= 15 is 0 Å². The van der Waals surface area contributed by atoms with E-state index in [9.17, 15) is 0 Å². The summed E-state index contributed by atoms with van der Waals surface area (Å²) in [6, 6.07) is 17.7. The van der Waals surface area contributed by atoms with Gasteiger partial charge in [0.15, 0.2) is 0 Å². The predicted octanol–water partition coefficient (Wildman–Crippen LogP) is 14.5. The average Bonchev–Trinajstić information content (AvgIpc) is 3.78. The second-order valence-corrected chi connectivity index (χ2v) is 18.2. The van der Waals surface area contributed by atoms with Crippen molar-refractivity contribution in [3.05, 3.63) is 48.5 Å². The van der Waals surface area contributed by atoms with Crippen LogP contribution in [0.25, 0.3) is 0 Å². The van der Waals surface area contributed by atoms with Gasteiger partial charge in [0.2, 0.25) is 0 Å². The molecule has 0 saturated carbocycles. The Hall–Kier alpha value is 0.0925. The van der Waals surface area contributed by atoms with E-state index in [1.54, 1.807) is 0 Å². The largest absolute Gasteiger partial charge is 0.748 e. The van der Waals surface area contributed by atoms with Crippen LogP contribution in [0.4, 0.5) is 0 Å². The summed E-state index contributed by atoms with van der Waals surface area (Å²) in [5.74, 6) is 0. The summed E-state index contributed by atoms with van der Waals surface area (Å²) in [5.41, 5.74) is 0. The van der Waals surface area contributed by atoms with E-state index in [1.807, 2.05) is 40.9 Å². The summed E-state index contributed by atoms with van der Waals surface area (Å²) in [4.78, 5) is 0. The molecule has 0 aromatic heterocycles. The van der Waals surface area contributed by atoms with Gasteiger partial charge in [0.05, 0.1) is 0 Å². The van der Waals surface area contributed by atoms with E-state index in [0.29, 0.717) is 0 Å². The third-order valence-corrected chi connectivity index (χ3v) is 14.9. The summed E-state index contributed by atoms with van der Waals surface area (Å²) in [5, 5.41) is 3.74. The Labute approximate surface area is 297 Å². The van der Waals surface area contributed by atoms with Crippen LogP contribution in [0.5, 0.6) is 0 Å². The standard InChI is InChI=1S/C37H71P2.C5H5.Cr/c1-5-9-13-17-21-25-32-38(33-26-22-18-14-10-6-2)36-30-29-31-37(36)39(34-27-23-19-15-11-7-3)35-28-24-20-16-12-8-4;1-2-4-5-3-1;/h29-31H,5-28,32-35H2,1-4H3;1-5H;/q-1;-5;. The summed E-state index contributed by atoms with van der Waals surface area (Å²) in [7, 11) is 0.0839. The topological polar surface area (TPSA) is 0 Å². The van der Waals surface area contributed by atoms with Gasteiger partial charge in [-0.05, 0) is 50.3 Å². The van der Waals surface area contributed by atoms with Gasteiger partial charge >= 0.3 is 0 Å². The van der Waals surface area contributed by atoms with Crippen LogP contribution in [0.2, 0.25) is 0 Å². The van der Waals surface area contributed by atoms with Crippen LogP contribution >= 0.6 is 15.8 Å². The molecule has 0 atom stereocenters. The Kier molecular flexibility index (Phi) is 35.5. The predicted molar refractivity (Wildman–Crippen MR) is 210 cm³/mol. The monoisotopic (exact) mass is 694 g/mol. The van der Waals surface area contributed by atoms with Crippen LogP contribution in [0.3, 0.4) is 0 Å². The van der Waals surface area contributed by atoms with Gasteiger partial charge in [0.1, 0.15) is 0 Å².